The third kappa shape index (κ3) is 3.34. The standard InChI is InChI=1S/C16H13BrN2O4/c1-9-7-12(10(2)22-9)15-19-18-14(23-15)8-21-16(20)11-5-3-4-6-13(11)17/h3-7H,8H2,1-2H3. The molecule has 0 saturated heterocycles. The van der Waals surface area contributed by atoms with Gasteiger partial charge in [0.15, 0.2) is 6.61 Å². The highest BCUT2D eigenvalue weighted by molar-refractivity contribution is 9.10. The van der Waals surface area contributed by atoms with Crippen LogP contribution in [0.1, 0.15) is 27.8 Å². The lowest BCUT2D eigenvalue weighted by atomic mass is 10.2. The van der Waals surface area contributed by atoms with Crippen molar-refractivity contribution in [2.24, 2.45) is 0 Å². The number of aromatic nitrogens is 2. The number of furan rings is 1. The number of benzene rings is 1. The lowest BCUT2D eigenvalue weighted by Crippen LogP contribution is -2.06. The number of ether oxygens (including phenoxy) is 1. The van der Waals surface area contributed by atoms with Gasteiger partial charge in [0.05, 0.1) is 11.1 Å². The monoisotopic (exact) mass is 376 g/mol. The smallest absolute Gasteiger partial charge is 0.339 e. The van der Waals surface area contributed by atoms with E-state index in [2.05, 4.69) is 26.1 Å². The SMILES string of the molecule is Cc1cc(-c2nnc(COC(=O)c3ccccc3Br)o2)c(C)o1. The van der Waals surface area contributed by atoms with Crippen LogP contribution in [-0.4, -0.2) is 16.2 Å². The molecule has 118 valence electrons. The van der Waals surface area contributed by atoms with Crippen LogP contribution in [0.5, 0.6) is 0 Å². The molecule has 0 N–H and O–H groups in total. The maximum Gasteiger partial charge on any atom is 0.339 e. The third-order valence-corrected chi connectivity index (χ3v) is 3.85. The summed E-state index contributed by atoms with van der Waals surface area (Å²) in [7, 11) is 0. The maximum atomic E-state index is 12.0. The number of nitrogens with zero attached hydrogens (tertiary/aromatic N) is 2. The summed E-state index contributed by atoms with van der Waals surface area (Å²) in [5.41, 5.74) is 1.17. The summed E-state index contributed by atoms with van der Waals surface area (Å²) in [4.78, 5) is 12.0. The van der Waals surface area contributed by atoms with Gasteiger partial charge in [-0.3, -0.25) is 0 Å². The molecule has 6 nitrogen and oxygen atoms in total. The fourth-order valence-electron chi connectivity index (χ4n) is 2.10. The molecule has 0 saturated carbocycles. The zero-order chi connectivity index (χ0) is 16.4. The highest BCUT2D eigenvalue weighted by atomic mass is 79.9. The first-order chi connectivity index (χ1) is 11.0. The zero-order valence-corrected chi connectivity index (χ0v) is 14.1. The Morgan fingerprint density at radius 3 is 2.70 bits per heavy atom. The van der Waals surface area contributed by atoms with Gasteiger partial charge in [-0.1, -0.05) is 12.1 Å². The normalized spacial score (nSPS) is 10.7. The van der Waals surface area contributed by atoms with Crippen molar-refractivity contribution in [1.82, 2.24) is 10.2 Å². The Kier molecular flexibility index (Phi) is 4.29. The van der Waals surface area contributed by atoms with Gasteiger partial charge in [0, 0.05) is 4.47 Å². The Bertz CT molecular complexity index is 853. The van der Waals surface area contributed by atoms with Crippen molar-refractivity contribution in [3.63, 3.8) is 0 Å². The van der Waals surface area contributed by atoms with Crippen molar-refractivity contribution in [2.75, 3.05) is 0 Å². The number of hydrogen-bond donors (Lipinski definition) is 0. The summed E-state index contributed by atoms with van der Waals surface area (Å²) in [6.45, 7) is 3.56. The maximum absolute atomic E-state index is 12.0. The highest BCUT2D eigenvalue weighted by Crippen LogP contribution is 2.25. The molecule has 0 unspecified atom stereocenters. The number of carbonyl (C=O) groups is 1. The molecule has 0 bridgehead atoms. The lowest BCUT2D eigenvalue weighted by Gasteiger charge is -2.03. The van der Waals surface area contributed by atoms with Crippen molar-refractivity contribution < 1.29 is 18.4 Å². The molecule has 0 radical (unpaired) electrons. The summed E-state index contributed by atoms with van der Waals surface area (Å²) in [6.07, 6.45) is 0. The second-order valence-electron chi connectivity index (χ2n) is 4.88. The molecule has 23 heavy (non-hydrogen) atoms. The van der Waals surface area contributed by atoms with Crippen molar-refractivity contribution in [1.29, 1.82) is 0 Å². The van der Waals surface area contributed by atoms with E-state index in [0.29, 0.717) is 21.7 Å². The summed E-state index contributed by atoms with van der Waals surface area (Å²) < 4.78 is 16.8. The molecule has 3 aromatic rings. The summed E-state index contributed by atoms with van der Waals surface area (Å²) >= 11 is 3.31. The predicted octanol–water partition coefficient (Wildman–Crippen LogP) is 4.07. The first kappa shape index (κ1) is 15.5. The van der Waals surface area contributed by atoms with Crippen molar-refractivity contribution in [2.45, 2.75) is 20.5 Å². The van der Waals surface area contributed by atoms with E-state index < -0.39 is 5.97 Å². The van der Waals surface area contributed by atoms with E-state index in [9.17, 15) is 4.79 Å². The van der Waals surface area contributed by atoms with E-state index in [0.717, 1.165) is 11.3 Å². The summed E-state index contributed by atoms with van der Waals surface area (Å²) in [5.74, 6) is 1.55. The Morgan fingerprint density at radius 2 is 2.00 bits per heavy atom. The molecule has 3 rings (SSSR count). The van der Waals surface area contributed by atoms with Gasteiger partial charge in [-0.05, 0) is 48.0 Å². The predicted molar refractivity (Wildman–Crippen MR) is 84.7 cm³/mol. The number of halogens is 1. The third-order valence-electron chi connectivity index (χ3n) is 3.16. The molecule has 0 aliphatic rings. The van der Waals surface area contributed by atoms with Crippen molar-refractivity contribution >= 4 is 21.9 Å². The molecular formula is C16H13BrN2O4. The van der Waals surface area contributed by atoms with Crippen LogP contribution < -0.4 is 0 Å². The Labute approximate surface area is 140 Å². The van der Waals surface area contributed by atoms with Crippen LogP contribution in [0.25, 0.3) is 11.5 Å². The fraction of sp³-hybridized carbons (Fsp3) is 0.188. The number of esters is 1. The molecule has 0 amide bonds. The van der Waals surface area contributed by atoms with E-state index >= 15 is 0 Å². The molecule has 2 aromatic heterocycles. The minimum Gasteiger partial charge on any atom is -0.466 e. The number of aryl methyl sites for hydroxylation is 2. The van der Waals surface area contributed by atoms with Crippen LogP contribution in [0.3, 0.4) is 0 Å². The fourth-order valence-corrected chi connectivity index (χ4v) is 2.54. The van der Waals surface area contributed by atoms with Crippen LogP contribution in [0.4, 0.5) is 0 Å². The van der Waals surface area contributed by atoms with Gasteiger partial charge in [0.1, 0.15) is 11.5 Å². The van der Waals surface area contributed by atoms with Crippen LogP contribution in [0, 0.1) is 13.8 Å². The number of carbonyl (C=O) groups excluding carboxylic acids is 1. The average Bonchev–Trinajstić information content (AvgIpc) is 3.11. The largest absolute Gasteiger partial charge is 0.466 e. The van der Waals surface area contributed by atoms with Crippen LogP contribution in [0.2, 0.25) is 0 Å². The molecule has 0 aliphatic heterocycles. The van der Waals surface area contributed by atoms with Crippen molar-refractivity contribution in [3.8, 4) is 11.5 Å². The molecule has 0 aliphatic carbocycles. The van der Waals surface area contributed by atoms with Crippen molar-refractivity contribution in [3.05, 3.63) is 57.8 Å². The van der Waals surface area contributed by atoms with E-state index in [1.807, 2.05) is 26.0 Å². The van der Waals surface area contributed by atoms with Gasteiger partial charge >= 0.3 is 5.97 Å². The van der Waals surface area contributed by atoms with E-state index in [4.69, 9.17) is 13.6 Å². The molecule has 0 spiro atoms. The highest BCUT2D eigenvalue weighted by Gasteiger charge is 2.16. The summed E-state index contributed by atoms with van der Waals surface area (Å²) in [6, 6.07) is 8.84. The number of hydrogen-bond acceptors (Lipinski definition) is 6. The molecule has 0 atom stereocenters. The molecule has 7 heteroatoms. The Morgan fingerprint density at radius 1 is 1.22 bits per heavy atom. The van der Waals surface area contributed by atoms with E-state index in [-0.39, 0.29) is 12.5 Å². The minimum atomic E-state index is -0.465. The van der Waals surface area contributed by atoms with E-state index in [1.54, 1.807) is 18.2 Å². The van der Waals surface area contributed by atoms with Gasteiger partial charge in [-0.2, -0.15) is 0 Å². The van der Waals surface area contributed by atoms with Gasteiger partial charge < -0.3 is 13.6 Å². The van der Waals surface area contributed by atoms with Crippen LogP contribution in [-0.2, 0) is 11.3 Å². The second-order valence-corrected chi connectivity index (χ2v) is 5.74. The molecule has 0 fully saturated rings. The summed E-state index contributed by atoms with van der Waals surface area (Å²) in [5, 5.41) is 7.84. The average molecular weight is 377 g/mol. The van der Waals surface area contributed by atoms with Gasteiger partial charge in [0.25, 0.3) is 11.8 Å². The van der Waals surface area contributed by atoms with Crippen LogP contribution >= 0.6 is 15.9 Å². The lowest BCUT2D eigenvalue weighted by molar-refractivity contribution is 0.0437. The van der Waals surface area contributed by atoms with Gasteiger partial charge in [0.2, 0.25) is 0 Å². The zero-order valence-electron chi connectivity index (χ0n) is 12.5. The quantitative estimate of drug-likeness (QED) is 0.638. The van der Waals surface area contributed by atoms with Crippen LogP contribution in [0.15, 0.2) is 43.6 Å². The first-order valence-corrected chi connectivity index (χ1v) is 7.65. The minimum absolute atomic E-state index is 0.0942. The number of rotatable bonds is 4. The van der Waals surface area contributed by atoms with Gasteiger partial charge in [-0.25, -0.2) is 4.79 Å². The molecular weight excluding hydrogens is 364 g/mol. The second kappa shape index (κ2) is 6.37. The van der Waals surface area contributed by atoms with Gasteiger partial charge in [-0.15, -0.1) is 10.2 Å². The first-order valence-electron chi connectivity index (χ1n) is 6.86. The Balaban J connectivity index is 1.69. The Hall–Kier alpha value is -2.41. The van der Waals surface area contributed by atoms with E-state index in [1.165, 1.54) is 0 Å². The topological polar surface area (TPSA) is 78.4 Å². The molecule has 1 aromatic carbocycles. The molecule has 2 heterocycles.